The van der Waals surface area contributed by atoms with E-state index < -0.39 is 17.7 Å². The maximum atomic E-state index is 14.2. The molecule has 1 amide bonds. The molecule has 0 radical (unpaired) electrons. The van der Waals surface area contributed by atoms with Gasteiger partial charge in [0, 0.05) is 30.0 Å². The minimum Gasteiger partial charge on any atom is -0.481 e. The molecule has 0 spiro atoms. The van der Waals surface area contributed by atoms with Crippen LogP contribution in [0.25, 0.3) is 33.3 Å². The highest BCUT2D eigenvalue weighted by Crippen LogP contribution is 2.33. The first-order valence-electron chi connectivity index (χ1n) is 10.3. The van der Waals surface area contributed by atoms with Crippen LogP contribution in [0.4, 0.5) is 8.78 Å². The van der Waals surface area contributed by atoms with Gasteiger partial charge in [0.05, 0.1) is 16.8 Å². The summed E-state index contributed by atoms with van der Waals surface area (Å²) in [5.74, 6) is -2.36. The van der Waals surface area contributed by atoms with E-state index in [1.54, 1.807) is 42.5 Å². The Bertz CT molecular complexity index is 1370. The average Bonchev–Trinajstić information content (AvgIpc) is 2.82. The fourth-order valence-corrected chi connectivity index (χ4v) is 3.88. The zero-order valence-corrected chi connectivity index (χ0v) is 17.7. The van der Waals surface area contributed by atoms with Gasteiger partial charge in [0.15, 0.2) is 0 Å². The SMILES string of the molecule is CNC(=O)c1c(CCC(=O)O)c(-c2ccc(-c3ccccc3F)cc2)nc2ccc(F)cc12. The second-order valence-corrected chi connectivity index (χ2v) is 7.51. The topological polar surface area (TPSA) is 79.3 Å². The Morgan fingerprint density at radius 1 is 0.970 bits per heavy atom. The molecule has 0 aliphatic heterocycles. The van der Waals surface area contributed by atoms with Crippen molar-refractivity contribution in [1.82, 2.24) is 10.3 Å². The minimum atomic E-state index is -1.03. The summed E-state index contributed by atoms with van der Waals surface area (Å²) < 4.78 is 28.2. The largest absolute Gasteiger partial charge is 0.481 e. The van der Waals surface area contributed by atoms with Crippen molar-refractivity contribution in [3.05, 3.63) is 89.5 Å². The fraction of sp³-hybridized carbons (Fsp3) is 0.115. The summed E-state index contributed by atoms with van der Waals surface area (Å²) in [4.78, 5) is 28.8. The summed E-state index contributed by atoms with van der Waals surface area (Å²) in [6.07, 6.45) is -0.200. The van der Waals surface area contributed by atoms with Crippen molar-refractivity contribution in [3.63, 3.8) is 0 Å². The number of fused-ring (bicyclic) bond motifs is 1. The molecule has 3 aromatic carbocycles. The Morgan fingerprint density at radius 3 is 2.33 bits per heavy atom. The Kier molecular flexibility index (Phi) is 6.13. The molecule has 2 N–H and O–H groups in total. The number of aliphatic carboxylic acids is 1. The van der Waals surface area contributed by atoms with Crippen LogP contribution in [0, 0.1) is 11.6 Å². The molecule has 1 heterocycles. The molecule has 0 bridgehead atoms. The van der Waals surface area contributed by atoms with Crippen molar-refractivity contribution in [2.45, 2.75) is 12.8 Å². The Hall–Kier alpha value is -4.13. The Balaban J connectivity index is 1.93. The summed E-state index contributed by atoms with van der Waals surface area (Å²) in [7, 11) is 1.46. The van der Waals surface area contributed by atoms with Crippen molar-refractivity contribution >= 4 is 22.8 Å². The number of rotatable bonds is 6. The van der Waals surface area contributed by atoms with Crippen LogP contribution < -0.4 is 5.32 Å². The third-order valence-corrected chi connectivity index (χ3v) is 5.43. The molecule has 0 saturated carbocycles. The van der Waals surface area contributed by atoms with Gasteiger partial charge in [-0.1, -0.05) is 42.5 Å². The molecule has 1 aromatic heterocycles. The van der Waals surface area contributed by atoms with Crippen LogP contribution in [0.15, 0.2) is 66.7 Å². The summed E-state index contributed by atoms with van der Waals surface area (Å²) in [6.45, 7) is 0. The lowest BCUT2D eigenvalue weighted by atomic mass is 9.92. The predicted molar refractivity (Wildman–Crippen MR) is 122 cm³/mol. The number of nitrogens with one attached hydrogen (secondary N) is 1. The van der Waals surface area contributed by atoms with E-state index in [1.807, 2.05) is 0 Å². The Labute approximate surface area is 188 Å². The summed E-state index contributed by atoms with van der Waals surface area (Å²) in [5, 5.41) is 12.1. The van der Waals surface area contributed by atoms with E-state index in [0.717, 1.165) is 0 Å². The number of amides is 1. The van der Waals surface area contributed by atoms with Gasteiger partial charge in [-0.25, -0.2) is 13.8 Å². The third kappa shape index (κ3) is 4.43. The number of pyridine rings is 1. The van der Waals surface area contributed by atoms with Gasteiger partial charge in [0.1, 0.15) is 11.6 Å². The van der Waals surface area contributed by atoms with Gasteiger partial charge in [-0.2, -0.15) is 0 Å². The molecule has 0 aliphatic carbocycles. The number of benzene rings is 3. The lowest BCUT2D eigenvalue weighted by Crippen LogP contribution is -2.21. The summed E-state index contributed by atoms with van der Waals surface area (Å²) >= 11 is 0. The second-order valence-electron chi connectivity index (χ2n) is 7.51. The molecule has 33 heavy (non-hydrogen) atoms. The van der Waals surface area contributed by atoms with Crippen molar-refractivity contribution in [1.29, 1.82) is 0 Å². The zero-order chi connectivity index (χ0) is 23.5. The van der Waals surface area contributed by atoms with Crippen LogP contribution >= 0.6 is 0 Å². The molecule has 5 nitrogen and oxygen atoms in total. The van der Waals surface area contributed by atoms with Gasteiger partial charge in [-0.15, -0.1) is 0 Å². The monoisotopic (exact) mass is 446 g/mol. The van der Waals surface area contributed by atoms with Gasteiger partial charge in [0.25, 0.3) is 5.91 Å². The third-order valence-electron chi connectivity index (χ3n) is 5.43. The Morgan fingerprint density at radius 2 is 1.67 bits per heavy atom. The van der Waals surface area contributed by atoms with Crippen molar-refractivity contribution in [2.75, 3.05) is 7.05 Å². The number of hydrogen-bond donors (Lipinski definition) is 2. The molecule has 0 atom stereocenters. The molecule has 4 aromatic rings. The number of carbonyl (C=O) groups excluding carboxylic acids is 1. The van der Waals surface area contributed by atoms with Crippen molar-refractivity contribution in [2.24, 2.45) is 0 Å². The first kappa shape index (κ1) is 22.1. The smallest absolute Gasteiger partial charge is 0.303 e. The first-order valence-corrected chi connectivity index (χ1v) is 10.3. The molecule has 166 valence electrons. The average molecular weight is 446 g/mol. The standard InChI is InChI=1S/C26H20F2N2O3/c1-29-26(33)24-19(11-13-23(31)32)25(30-22-12-10-17(27)14-20(22)24)16-8-6-15(7-9-16)18-4-2-3-5-21(18)28/h2-10,12,14H,11,13H2,1H3,(H,29,33)(H,31,32). The maximum Gasteiger partial charge on any atom is 0.303 e. The molecule has 4 rings (SSSR count). The van der Waals surface area contributed by atoms with Crippen LogP contribution in [-0.2, 0) is 11.2 Å². The van der Waals surface area contributed by atoms with E-state index in [2.05, 4.69) is 10.3 Å². The van der Waals surface area contributed by atoms with E-state index >= 15 is 0 Å². The van der Waals surface area contributed by atoms with E-state index in [4.69, 9.17) is 0 Å². The van der Waals surface area contributed by atoms with Gasteiger partial charge in [-0.3, -0.25) is 9.59 Å². The number of carbonyl (C=O) groups is 2. The number of aromatic nitrogens is 1. The molecule has 7 heteroatoms. The number of carboxylic acid groups (broad SMARTS) is 1. The molecular weight excluding hydrogens is 426 g/mol. The fourth-order valence-electron chi connectivity index (χ4n) is 3.88. The van der Waals surface area contributed by atoms with E-state index in [1.165, 1.54) is 31.3 Å². The summed E-state index contributed by atoms with van der Waals surface area (Å²) in [6, 6.07) is 17.4. The lowest BCUT2D eigenvalue weighted by molar-refractivity contribution is -0.136. The first-order chi connectivity index (χ1) is 15.9. The highest BCUT2D eigenvalue weighted by atomic mass is 19.1. The van der Waals surface area contributed by atoms with Crippen LogP contribution in [-0.4, -0.2) is 29.0 Å². The number of halogens is 2. The van der Waals surface area contributed by atoms with Gasteiger partial charge < -0.3 is 10.4 Å². The van der Waals surface area contributed by atoms with Crippen LogP contribution in [0.5, 0.6) is 0 Å². The molecule has 0 aliphatic rings. The molecule has 0 fully saturated rings. The van der Waals surface area contributed by atoms with Crippen LogP contribution in [0.3, 0.4) is 0 Å². The van der Waals surface area contributed by atoms with Crippen molar-refractivity contribution in [3.8, 4) is 22.4 Å². The zero-order valence-electron chi connectivity index (χ0n) is 17.7. The summed E-state index contributed by atoms with van der Waals surface area (Å²) in [5.41, 5.74) is 3.18. The maximum absolute atomic E-state index is 14.2. The highest BCUT2D eigenvalue weighted by Gasteiger charge is 2.22. The molecular formula is C26H20F2N2O3. The van der Waals surface area contributed by atoms with Crippen molar-refractivity contribution < 1.29 is 23.5 Å². The lowest BCUT2D eigenvalue weighted by Gasteiger charge is -2.17. The van der Waals surface area contributed by atoms with Gasteiger partial charge in [-0.05, 0) is 41.8 Å². The van der Waals surface area contributed by atoms with Crippen LogP contribution in [0.2, 0.25) is 0 Å². The predicted octanol–water partition coefficient (Wildman–Crippen LogP) is 5.22. The normalized spacial score (nSPS) is 10.9. The van der Waals surface area contributed by atoms with E-state index in [0.29, 0.717) is 38.9 Å². The number of carboxylic acids is 1. The second kappa shape index (κ2) is 9.16. The molecule has 0 saturated heterocycles. The van der Waals surface area contributed by atoms with Gasteiger partial charge in [0.2, 0.25) is 0 Å². The van der Waals surface area contributed by atoms with E-state index in [9.17, 15) is 23.5 Å². The molecule has 0 unspecified atom stereocenters. The highest BCUT2D eigenvalue weighted by molar-refractivity contribution is 6.09. The minimum absolute atomic E-state index is 0.0297. The van der Waals surface area contributed by atoms with Crippen LogP contribution in [0.1, 0.15) is 22.3 Å². The van der Waals surface area contributed by atoms with Gasteiger partial charge >= 0.3 is 5.97 Å². The number of hydrogen-bond acceptors (Lipinski definition) is 3. The quantitative estimate of drug-likeness (QED) is 0.425. The number of nitrogens with zero attached hydrogens (tertiary/aromatic N) is 1. The van der Waals surface area contributed by atoms with E-state index in [-0.39, 0.29) is 24.2 Å².